The Morgan fingerprint density at radius 1 is 1.50 bits per heavy atom. The molecule has 1 aromatic rings. The maximum atomic E-state index is 12.3. The van der Waals surface area contributed by atoms with E-state index in [9.17, 15) is 4.79 Å². The fourth-order valence-electron chi connectivity index (χ4n) is 2.42. The molecule has 3 nitrogen and oxygen atoms in total. The van der Waals surface area contributed by atoms with Crippen molar-refractivity contribution in [1.82, 2.24) is 4.57 Å². The van der Waals surface area contributed by atoms with Gasteiger partial charge in [-0.1, -0.05) is 19.9 Å². The lowest BCUT2D eigenvalue weighted by Crippen LogP contribution is -2.31. The van der Waals surface area contributed by atoms with Crippen LogP contribution in [0.1, 0.15) is 43.9 Å². The van der Waals surface area contributed by atoms with E-state index in [0.29, 0.717) is 18.0 Å². The van der Waals surface area contributed by atoms with Crippen LogP contribution in [0.3, 0.4) is 0 Å². The van der Waals surface area contributed by atoms with Crippen LogP contribution >= 0.6 is 11.6 Å². The van der Waals surface area contributed by atoms with Gasteiger partial charge in [0.15, 0.2) is 0 Å². The van der Waals surface area contributed by atoms with Crippen LogP contribution in [0.4, 0.5) is 0 Å². The molecule has 0 aromatic carbocycles. The van der Waals surface area contributed by atoms with E-state index in [1.165, 1.54) is 0 Å². The lowest BCUT2D eigenvalue weighted by Gasteiger charge is -2.19. The molecule has 0 saturated carbocycles. The molecule has 1 aromatic heterocycles. The Labute approximate surface area is 113 Å². The van der Waals surface area contributed by atoms with Gasteiger partial charge in [0.25, 0.3) is 5.56 Å². The van der Waals surface area contributed by atoms with Crippen LogP contribution in [0.15, 0.2) is 16.9 Å². The fraction of sp³-hybridized carbons (Fsp3) is 0.643. The number of alkyl halides is 1. The van der Waals surface area contributed by atoms with E-state index in [2.05, 4.69) is 13.8 Å². The lowest BCUT2D eigenvalue weighted by molar-refractivity contribution is 0.0952. The molecule has 18 heavy (non-hydrogen) atoms. The largest absolute Gasteiger partial charge is 0.376 e. The van der Waals surface area contributed by atoms with Crippen molar-refractivity contribution in [2.45, 2.75) is 51.1 Å². The second-order valence-electron chi connectivity index (χ2n) is 5.12. The number of ether oxygens (including phenoxy) is 1. The van der Waals surface area contributed by atoms with E-state index >= 15 is 0 Å². The Kier molecular flexibility index (Phi) is 4.46. The molecule has 1 saturated heterocycles. The SMILES string of the molecule is CC(C)c1ccc(CCl)c(=O)n1CC1CCCO1. The van der Waals surface area contributed by atoms with Crippen LogP contribution in [0, 0.1) is 0 Å². The first kappa shape index (κ1) is 13.6. The minimum atomic E-state index is 0.0340. The second kappa shape index (κ2) is 5.89. The number of pyridine rings is 1. The van der Waals surface area contributed by atoms with E-state index in [-0.39, 0.29) is 17.5 Å². The molecule has 1 unspecified atom stereocenters. The average molecular weight is 270 g/mol. The first-order chi connectivity index (χ1) is 8.63. The molecule has 1 aliphatic rings. The van der Waals surface area contributed by atoms with Gasteiger partial charge in [0, 0.05) is 17.9 Å². The van der Waals surface area contributed by atoms with Crippen molar-refractivity contribution >= 4 is 11.6 Å². The number of nitrogens with zero attached hydrogens (tertiary/aromatic N) is 1. The number of halogens is 1. The average Bonchev–Trinajstić information content (AvgIpc) is 2.84. The molecule has 0 aliphatic carbocycles. The number of hydrogen-bond donors (Lipinski definition) is 0. The third-order valence-corrected chi connectivity index (χ3v) is 3.72. The summed E-state index contributed by atoms with van der Waals surface area (Å²) < 4.78 is 7.47. The minimum Gasteiger partial charge on any atom is -0.376 e. The minimum absolute atomic E-state index is 0.0340. The Bertz CT molecular complexity index is 461. The van der Waals surface area contributed by atoms with Crippen molar-refractivity contribution in [3.63, 3.8) is 0 Å². The quantitative estimate of drug-likeness (QED) is 0.787. The van der Waals surface area contributed by atoms with E-state index < -0.39 is 0 Å². The van der Waals surface area contributed by atoms with E-state index in [1.54, 1.807) is 0 Å². The van der Waals surface area contributed by atoms with Gasteiger partial charge in [0.2, 0.25) is 0 Å². The maximum absolute atomic E-state index is 12.3. The Morgan fingerprint density at radius 2 is 2.28 bits per heavy atom. The topological polar surface area (TPSA) is 31.2 Å². The Balaban J connectivity index is 2.36. The standard InChI is InChI=1S/C14H20ClNO2/c1-10(2)13-6-5-11(8-15)14(17)16(13)9-12-4-3-7-18-12/h5-6,10,12H,3-4,7-9H2,1-2H3. The summed E-state index contributed by atoms with van der Waals surface area (Å²) in [4.78, 5) is 12.3. The van der Waals surface area contributed by atoms with Gasteiger partial charge in [-0.15, -0.1) is 11.6 Å². The molecular formula is C14H20ClNO2. The summed E-state index contributed by atoms with van der Waals surface area (Å²) in [5.41, 5.74) is 1.76. The van der Waals surface area contributed by atoms with Crippen LogP contribution in [0.5, 0.6) is 0 Å². The first-order valence-electron chi connectivity index (χ1n) is 6.53. The molecule has 1 aliphatic heterocycles. The van der Waals surface area contributed by atoms with Crippen molar-refractivity contribution in [2.24, 2.45) is 0 Å². The van der Waals surface area contributed by atoms with Gasteiger partial charge in [-0.2, -0.15) is 0 Å². The van der Waals surface area contributed by atoms with E-state index in [1.807, 2.05) is 16.7 Å². The third-order valence-electron chi connectivity index (χ3n) is 3.43. The smallest absolute Gasteiger partial charge is 0.255 e. The zero-order valence-electron chi connectivity index (χ0n) is 11.0. The Morgan fingerprint density at radius 3 is 2.83 bits per heavy atom. The molecule has 0 spiro atoms. The molecular weight excluding hydrogens is 250 g/mol. The highest BCUT2D eigenvalue weighted by Gasteiger charge is 2.19. The van der Waals surface area contributed by atoms with Crippen LogP contribution in [0.25, 0.3) is 0 Å². The monoisotopic (exact) mass is 269 g/mol. The molecule has 1 atom stereocenters. The molecule has 0 amide bonds. The van der Waals surface area contributed by atoms with Crippen molar-refractivity contribution in [3.05, 3.63) is 33.7 Å². The highest BCUT2D eigenvalue weighted by atomic mass is 35.5. The molecule has 0 bridgehead atoms. The third kappa shape index (κ3) is 2.78. The predicted octanol–water partition coefficient (Wildman–Crippen LogP) is 2.89. The van der Waals surface area contributed by atoms with Crippen molar-refractivity contribution < 1.29 is 4.74 Å². The summed E-state index contributed by atoms with van der Waals surface area (Å²) in [5.74, 6) is 0.589. The van der Waals surface area contributed by atoms with Gasteiger partial charge in [-0.3, -0.25) is 4.79 Å². The molecule has 1 fully saturated rings. The summed E-state index contributed by atoms with van der Waals surface area (Å²) in [6, 6.07) is 3.86. The van der Waals surface area contributed by atoms with Gasteiger partial charge in [0.05, 0.1) is 18.5 Å². The summed E-state index contributed by atoms with van der Waals surface area (Å²) >= 11 is 5.81. The normalized spacial score (nSPS) is 19.7. The van der Waals surface area contributed by atoms with Gasteiger partial charge < -0.3 is 9.30 Å². The van der Waals surface area contributed by atoms with Gasteiger partial charge >= 0.3 is 0 Å². The van der Waals surface area contributed by atoms with Crippen molar-refractivity contribution in [2.75, 3.05) is 6.61 Å². The number of rotatable bonds is 4. The first-order valence-corrected chi connectivity index (χ1v) is 7.07. The van der Waals surface area contributed by atoms with Crippen molar-refractivity contribution in [1.29, 1.82) is 0 Å². The molecule has 0 radical (unpaired) electrons. The molecule has 0 N–H and O–H groups in total. The second-order valence-corrected chi connectivity index (χ2v) is 5.39. The van der Waals surface area contributed by atoms with Crippen LogP contribution in [0.2, 0.25) is 0 Å². The summed E-state index contributed by atoms with van der Waals surface area (Å²) in [7, 11) is 0. The zero-order valence-corrected chi connectivity index (χ0v) is 11.7. The lowest BCUT2D eigenvalue weighted by atomic mass is 10.1. The molecule has 2 rings (SSSR count). The van der Waals surface area contributed by atoms with E-state index in [4.69, 9.17) is 16.3 Å². The van der Waals surface area contributed by atoms with Crippen LogP contribution in [-0.2, 0) is 17.2 Å². The number of hydrogen-bond acceptors (Lipinski definition) is 2. The predicted molar refractivity (Wildman–Crippen MR) is 73.3 cm³/mol. The highest BCUT2D eigenvalue weighted by molar-refractivity contribution is 6.17. The molecule has 100 valence electrons. The van der Waals surface area contributed by atoms with Crippen LogP contribution < -0.4 is 5.56 Å². The van der Waals surface area contributed by atoms with Gasteiger partial charge in [0.1, 0.15) is 0 Å². The highest BCUT2D eigenvalue weighted by Crippen LogP contribution is 2.18. The summed E-state index contributed by atoms with van der Waals surface area (Å²) in [5, 5.41) is 0. The van der Waals surface area contributed by atoms with Gasteiger partial charge in [-0.05, 0) is 24.8 Å². The van der Waals surface area contributed by atoms with Gasteiger partial charge in [-0.25, -0.2) is 0 Å². The molecule has 2 heterocycles. The van der Waals surface area contributed by atoms with Crippen LogP contribution in [-0.4, -0.2) is 17.3 Å². The summed E-state index contributed by atoms with van der Waals surface area (Å²) in [6.45, 7) is 5.66. The van der Waals surface area contributed by atoms with Crippen molar-refractivity contribution in [3.8, 4) is 0 Å². The number of aromatic nitrogens is 1. The zero-order chi connectivity index (χ0) is 13.1. The molecule has 4 heteroatoms. The maximum Gasteiger partial charge on any atom is 0.255 e. The fourth-order valence-corrected chi connectivity index (χ4v) is 2.63. The summed E-state index contributed by atoms with van der Waals surface area (Å²) in [6.07, 6.45) is 2.30. The Hall–Kier alpha value is -0.800. The van der Waals surface area contributed by atoms with E-state index in [0.717, 1.165) is 25.1 Å².